The molecule has 0 heterocycles. The fourth-order valence-corrected chi connectivity index (χ4v) is 2.00. The normalized spacial score (nSPS) is 10.6. The van der Waals surface area contributed by atoms with Crippen molar-refractivity contribution < 1.29 is 18.0 Å². The molecule has 0 aliphatic rings. The first kappa shape index (κ1) is 17.3. The van der Waals surface area contributed by atoms with Crippen LogP contribution < -0.4 is 10.6 Å². The van der Waals surface area contributed by atoms with Gasteiger partial charge in [-0.1, -0.05) is 23.7 Å². The molecule has 7 heteroatoms. The highest BCUT2D eigenvalue weighted by Gasteiger charge is 2.14. The lowest BCUT2D eigenvalue weighted by Crippen LogP contribution is -2.22. The minimum absolute atomic E-state index is 0.0615. The summed E-state index contributed by atoms with van der Waals surface area (Å²) in [6, 6.07) is 8.96. The summed E-state index contributed by atoms with van der Waals surface area (Å²) in [4.78, 5) is 11.7. The van der Waals surface area contributed by atoms with Crippen LogP contribution in [0.1, 0.15) is 12.0 Å². The molecule has 0 aliphatic heterocycles. The van der Waals surface area contributed by atoms with E-state index in [2.05, 4.69) is 10.6 Å². The zero-order valence-corrected chi connectivity index (χ0v) is 12.8. The quantitative estimate of drug-likeness (QED) is 0.618. The zero-order chi connectivity index (χ0) is 16.8. The average Bonchev–Trinajstić information content (AvgIpc) is 2.54. The molecular formula is C16H14ClF3N2O. The third-order valence-electron chi connectivity index (χ3n) is 3.08. The Morgan fingerprint density at radius 3 is 2.39 bits per heavy atom. The summed E-state index contributed by atoms with van der Waals surface area (Å²) in [5.41, 5.74) is 0.619. The van der Waals surface area contributed by atoms with Crippen LogP contribution in [0, 0.1) is 17.5 Å². The van der Waals surface area contributed by atoms with Gasteiger partial charge in [0.2, 0.25) is 5.91 Å². The van der Waals surface area contributed by atoms with E-state index in [1.54, 1.807) is 12.1 Å². The second-order valence-electron chi connectivity index (χ2n) is 4.82. The van der Waals surface area contributed by atoms with Gasteiger partial charge in [-0.2, -0.15) is 0 Å². The van der Waals surface area contributed by atoms with Crippen LogP contribution in [0.2, 0.25) is 5.02 Å². The van der Waals surface area contributed by atoms with Gasteiger partial charge in [0.15, 0.2) is 17.5 Å². The van der Waals surface area contributed by atoms with E-state index in [1.165, 1.54) is 0 Å². The van der Waals surface area contributed by atoms with Gasteiger partial charge in [0.25, 0.3) is 0 Å². The molecule has 0 atom stereocenters. The molecule has 2 aromatic rings. The maximum absolute atomic E-state index is 13.4. The average molecular weight is 343 g/mol. The predicted octanol–water partition coefficient (Wildman–Crippen LogP) is 3.88. The SMILES string of the molecule is O=C(CCNCc1ccc(Cl)cc1)Nc1ccc(F)c(F)c1F. The molecule has 2 rings (SSSR count). The fourth-order valence-electron chi connectivity index (χ4n) is 1.87. The molecule has 0 unspecified atom stereocenters. The van der Waals surface area contributed by atoms with Crippen LogP contribution in [-0.2, 0) is 11.3 Å². The van der Waals surface area contributed by atoms with Gasteiger partial charge in [0, 0.05) is 24.5 Å². The molecule has 0 bridgehead atoms. The molecule has 0 fully saturated rings. The Morgan fingerprint density at radius 1 is 1.00 bits per heavy atom. The van der Waals surface area contributed by atoms with Crippen molar-refractivity contribution in [2.75, 3.05) is 11.9 Å². The molecule has 1 amide bonds. The Kier molecular flexibility index (Phi) is 6.01. The van der Waals surface area contributed by atoms with Gasteiger partial charge in [-0.3, -0.25) is 4.79 Å². The summed E-state index contributed by atoms with van der Waals surface area (Å²) in [5.74, 6) is -4.82. The minimum Gasteiger partial charge on any atom is -0.323 e. The van der Waals surface area contributed by atoms with Crippen LogP contribution in [0.15, 0.2) is 36.4 Å². The van der Waals surface area contributed by atoms with E-state index >= 15 is 0 Å². The molecule has 0 saturated carbocycles. The summed E-state index contributed by atoms with van der Waals surface area (Å²) in [5, 5.41) is 5.89. The van der Waals surface area contributed by atoms with E-state index in [4.69, 9.17) is 11.6 Å². The van der Waals surface area contributed by atoms with Crippen molar-refractivity contribution in [3.63, 3.8) is 0 Å². The van der Waals surface area contributed by atoms with E-state index in [0.29, 0.717) is 18.1 Å². The van der Waals surface area contributed by atoms with E-state index in [1.807, 2.05) is 12.1 Å². The number of carbonyl (C=O) groups excluding carboxylic acids is 1. The molecule has 3 nitrogen and oxygen atoms in total. The minimum atomic E-state index is -1.61. The third-order valence-corrected chi connectivity index (χ3v) is 3.33. The van der Waals surface area contributed by atoms with Crippen molar-refractivity contribution in [1.82, 2.24) is 5.32 Å². The highest BCUT2D eigenvalue weighted by atomic mass is 35.5. The molecule has 0 radical (unpaired) electrons. The molecule has 0 aliphatic carbocycles. The lowest BCUT2D eigenvalue weighted by atomic mass is 10.2. The molecule has 0 saturated heterocycles. The Balaban J connectivity index is 1.77. The number of halogens is 4. The summed E-state index contributed by atoms with van der Waals surface area (Å²) < 4.78 is 39.2. The topological polar surface area (TPSA) is 41.1 Å². The smallest absolute Gasteiger partial charge is 0.225 e. The Morgan fingerprint density at radius 2 is 1.70 bits per heavy atom. The van der Waals surface area contributed by atoms with Gasteiger partial charge >= 0.3 is 0 Å². The van der Waals surface area contributed by atoms with Crippen LogP contribution in [0.4, 0.5) is 18.9 Å². The van der Waals surface area contributed by atoms with E-state index < -0.39 is 23.4 Å². The molecule has 23 heavy (non-hydrogen) atoms. The number of amides is 1. The zero-order valence-electron chi connectivity index (χ0n) is 12.0. The Bertz CT molecular complexity index is 692. The van der Waals surface area contributed by atoms with Gasteiger partial charge < -0.3 is 10.6 Å². The summed E-state index contributed by atoms with van der Waals surface area (Å²) >= 11 is 5.77. The number of hydrogen-bond acceptors (Lipinski definition) is 2. The van der Waals surface area contributed by atoms with Crippen LogP contribution in [0.5, 0.6) is 0 Å². The van der Waals surface area contributed by atoms with E-state index in [0.717, 1.165) is 17.7 Å². The maximum atomic E-state index is 13.4. The number of nitrogens with one attached hydrogen (secondary N) is 2. The standard InChI is InChI=1S/C16H14ClF3N2O/c17-11-3-1-10(2-4-11)9-21-8-7-14(23)22-13-6-5-12(18)15(19)16(13)20/h1-6,21H,7-9H2,(H,22,23). The monoisotopic (exact) mass is 342 g/mol. The molecule has 0 aromatic heterocycles. The van der Waals surface area contributed by atoms with Crippen molar-refractivity contribution in [2.24, 2.45) is 0 Å². The van der Waals surface area contributed by atoms with Gasteiger partial charge in [-0.05, 0) is 29.8 Å². The number of hydrogen-bond donors (Lipinski definition) is 2. The van der Waals surface area contributed by atoms with Crippen molar-refractivity contribution >= 4 is 23.2 Å². The Hall–Kier alpha value is -2.05. The van der Waals surface area contributed by atoms with Gasteiger partial charge in [-0.25, -0.2) is 13.2 Å². The van der Waals surface area contributed by atoms with Gasteiger partial charge in [0.1, 0.15) is 0 Å². The van der Waals surface area contributed by atoms with Crippen molar-refractivity contribution in [3.8, 4) is 0 Å². The number of rotatable bonds is 6. The molecule has 0 spiro atoms. The van der Waals surface area contributed by atoms with Crippen molar-refractivity contribution in [3.05, 3.63) is 64.4 Å². The molecular weight excluding hydrogens is 329 g/mol. The lowest BCUT2D eigenvalue weighted by molar-refractivity contribution is -0.116. The fraction of sp³-hybridized carbons (Fsp3) is 0.188. The summed E-state index contributed by atoms with van der Waals surface area (Å²) in [7, 11) is 0. The largest absolute Gasteiger partial charge is 0.323 e. The molecule has 122 valence electrons. The molecule has 2 N–H and O–H groups in total. The van der Waals surface area contributed by atoms with Crippen LogP contribution >= 0.6 is 11.6 Å². The van der Waals surface area contributed by atoms with Crippen LogP contribution in [0.3, 0.4) is 0 Å². The third kappa shape index (κ3) is 4.97. The molecule has 2 aromatic carbocycles. The highest BCUT2D eigenvalue weighted by Crippen LogP contribution is 2.19. The van der Waals surface area contributed by atoms with Gasteiger partial charge in [0.05, 0.1) is 5.69 Å². The highest BCUT2D eigenvalue weighted by molar-refractivity contribution is 6.30. The predicted molar refractivity (Wildman–Crippen MR) is 82.7 cm³/mol. The number of benzene rings is 2. The second-order valence-corrected chi connectivity index (χ2v) is 5.26. The van der Waals surface area contributed by atoms with Crippen LogP contribution in [-0.4, -0.2) is 12.5 Å². The first-order valence-electron chi connectivity index (χ1n) is 6.86. The first-order chi connectivity index (χ1) is 11.0. The number of anilines is 1. The number of carbonyl (C=O) groups is 1. The summed E-state index contributed by atoms with van der Waals surface area (Å²) in [6.07, 6.45) is 0.0615. The second kappa shape index (κ2) is 7.99. The van der Waals surface area contributed by atoms with Crippen LogP contribution in [0.25, 0.3) is 0 Å². The lowest BCUT2D eigenvalue weighted by Gasteiger charge is -2.08. The van der Waals surface area contributed by atoms with Crippen molar-refractivity contribution in [2.45, 2.75) is 13.0 Å². The maximum Gasteiger partial charge on any atom is 0.225 e. The van der Waals surface area contributed by atoms with Crippen molar-refractivity contribution in [1.29, 1.82) is 0 Å². The summed E-state index contributed by atoms with van der Waals surface area (Å²) in [6.45, 7) is 0.893. The van der Waals surface area contributed by atoms with E-state index in [-0.39, 0.29) is 12.1 Å². The first-order valence-corrected chi connectivity index (χ1v) is 7.23. The Labute approximate surface area is 136 Å². The van der Waals surface area contributed by atoms with Gasteiger partial charge in [-0.15, -0.1) is 0 Å². The van der Waals surface area contributed by atoms with E-state index in [9.17, 15) is 18.0 Å².